The zero-order valence-corrected chi connectivity index (χ0v) is 19.7. The third-order valence-corrected chi connectivity index (χ3v) is 4.96. The number of urea groups is 1. The van der Waals surface area contributed by atoms with Crippen molar-refractivity contribution in [1.82, 2.24) is 20.4 Å². The van der Waals surface area contributed by atoms with Crippen LogP contribution >= 0.6 is 0 Å². The first kappa shape index (κ1) is 24.5. The summed E-state index contributed by atoms with van der Waals surface area (Å²) in [4.78, 5) is 36.3. The van der Waals surface area contributed by atoms with E-state index in [0.717, 1.165) is 11.3 Å². The van der Waals surface area contributed by atoms with Gasteiger partial charge in [-0.15, -0.1) is 0 Å². The van der Waals surface area contributed by atoms with Gasteiger partial charge in [-0.25, -0.2) is 14.3 Å². The number of anilines is 1. The number of ether oxygens (including phenoxy) is 1. The van der Waals surface area contributed by atoms with E-state index in [0.29, 0.717) is 35.7 Å². The smallest absolute Gasteiger partial charge is 0.341 e. The summed E-state index contributed by atoms with van der Waals surface area (Å²) in [5, 5.41) is 12.7. The summed E-state index contributed by atoms with van der Waals surface area (Å²) in [6, 6.07) is 14.0. The van der Waals surface area contributed by atoms with E-state index in [-0.39, 0.29) is 18.0 Å². The number of benzene rings is 2. The van der Waals surface area contributed by atoms with Crippen LogP contribution in [-0.4, -0.2) is 40.3 Å². The summed E-state index contributed by atoms with van der Waals surface area (Å²) >= 11 is 0. The normalized spacial score (nSPS) is 10.6. The van der Waals surface area contributed by atoms with Gasteiger partial charge in [-0.3, -0.25) is 4.79 Å². The summed E-state index contributed by atoms with van der Waals surface area (Å²) in [6.07, 6.45) is 1.48. The average molecular weight is 464 g/mol. The van der Waals surface area contributed by atoms with Crippen molar-refractivity contribution in [3.05, 3.63) is 77.1 Å². The maximum absolute atomic E-state index is 12.6. The molecule has 0 aliphatic heterocycles. The van der Waals surface area contributed by atoms with Crippen LogP contribution in [0.25, 0.3) is 5.69 Å². The molecular formula is C25H29N5O4. The highest BCUT2D eigenvalue weighted by Gasteiger charge is 2.16. The zero-order valence-electron chi connectivity index (χ0n) is 19.7. The van der Waals surface area contributed by atoms with Gasteiger partial charge in [0.1, 0.15) is 5.56 Å². The van der Waals surface area contributed by atoms with Crippen LogP contribution in [0.4, 0.5) is 10.5 Å². The fourth-order valence-corrected chi connectivity index (χ4v) is 3.25. The van der Waals surface area contributed by atoms with Gasteiger partial charge in [0.2, 0.25) is 0 Å². The second kappa shape index (κ2) is 11.1. The summed E-state index contributed by atoms with van der Waals surface area (Å²) in [7, 11) is 0. The minimum atomic E-state index is -0.412. The molecule has 2 aromatic carbocycles. The number of nitrogens with one attached hydrogen (secondary N) is 3. The van der Waals surface area contributed by atoms with E-state index in [4.69, 9.17) is 4.74 Å². The van der Waals surface area contributed by atoms with Crippen molar-refractivity contribution < 1.29 is 19.1 Å². The van der Waals surface area contributed by atoms with Crippen LogP contribution in [0.1, 0.15) is 52.7 Å². The van der Waals surface area contributed by atoms with Crippen molar-refractivity contribution in [2.45, 2.75) is 40.3 Å². The lowest BCUT2D eigenvalue weighted by Gasteiger charge is -2.11. The molecule has 9 heteroatoms. The Morgan fingerprint density at radius 2 is 1.71 bits per heavy atom. The molecule has 1 heterocycles. The standard InChI is InChI=1S/C25H29N5O4/c1-5-34-24(32)22-15-27-30(17(22)4)21-12-8-19(9-13-21)23(31)26-14-18-6-10-20(11-7-18)29-25(33)28-16(2)3/h6-13,15-16H,5,14H2,1-4H3,(H,26,31)(H2,28,29,33). The molecule has 0 saturated heterocycles. The Morgan fingerprint density at radius 3 is 2.32 bits per heavy atom. The molecule has 0 unspecified atom stereocenters. The molecule has 1 aromatic heterocycles. The molecule has 0 aliphatic carbocycles. The third kappa shape index (κ3) is 6.22. The topological polar surface area (TPSA) is 114 Å². The Labute approximate surface area is 198 Å². The first-order valence-corrected chi connectivity index (χ1v) is 11.0. The quantitative estimate of drug-likeness (QED) is 0.440. The molecule has 3 amide bonds. The van der Waals surface area contributed by atoms with Crippen LogP contribution in [0.2, 0.25) is 0 Å². The summed E-state index contributed by atoms with van der Waals surface area (Å²) in [6.45, 7) is 7.96. The second-order valence-corrected chi connectivity index (χ2v) is 7.96. The van der Waals surface area contributed by atoms with Gasteiger partial charge in [0.05, 0.1) is 24.2 Å². The van der Waals surface area contributed by atoms with Crippen molar-refractivity contribution in [3.63, 3.8) is 0 Å². The molecule has 34 heavy (non-hydrogen) atoms. The van der Waals surface area contributed by atoms with Gasteiger partial charge in [0.25, 0.3) is 5.91 Å². The molecule has 3 rings (SSSR count). The van der Waals surface area contributed by atoms with E-state index in [1.807, 2.05) is 26.0 Å². The van der Waals surface area contributed by atoms with Crippen LogP contribution in [0.3, 0.4) is 0 Å². The Morgan fingerprint density at radius 1 is 1.03 bits per heavy atom. The van der Waals surface area contributed by atoms with Gasteiger partial charge in [-0.2, -0.15) is 5.10 Å². The van der Waals surface area contributed by atoms with Gasteiger partial charge in [0, 0.05) is 23.8 Å². The van der Waals surface area contributed by atoms with Crippen LogP contribution in [0.15, 0.2) is 54.7 Å². The molecule has 9 nitrogen and oxygen atoms in total. The van der Waals surface area contributed by atoms with Crippen molar-refractivity contribution >= 4 is 23.6 Å². The zero-order chi connectivity index (χ0) is 24.7. The summed E-state index contributed by atoms with van der Waals surface area (Å²) < 4.78 is 6.67. The van der Waals surface area contributed by atoms with Gasteiger partial charge < -0.3 is 20.7 Å². The van der Waals surface area contributed by atoms with E-state index in [2.05, 4.69) is 21.0 Å². The maximum Gasteiger partial charge on any atom is 0.341 e. The SMILES string of the molecule is CCOC(=O)c1cnn(-c2ccc(C(=O)NCc3ccc(NC(=O)NC(C)C)cc3)cc2)c1C. The lowest BCUT2D eigenvalue weighted by molar-refractivity contribution is 0.0525. The fourth-order valence-electron chi connectivity index (χ4n) is 3.25. The molecule has 0 radical (unpaired) electrons. The predicted molar refractivity (Wildman–Crippen MR) is 129 cm³/mol. The molecule has 178 valence electrons. The number of aromatic nitrogens is 2. The third-order valence-electron chi connectivity index (χ3n) is 4.96. The van der Waals surface area contributed by atoms with Crippen molar-refractivity contribution in [3.8, 4) is 5.69 Å². The summed E-state index contributed by atoms with van der Waals surface area (Å²) in [5.74, 6) is -0.626. The highest BCUT2D eigenvalue weighted by Crippen LogP contribution is 2.16. The Bertz CT molecular complexity index is 1150. The van der Waals surface area contributed by atoms with Gasteiger partial charge in [-0.1, -0.05) is 12.1 Å². The fraction of sp³-hybridized carbons (Fsp3) is 0.280. The number of rotatable bonds is 8. The minimum absolute atomic E-state index is 0.0502. The minimum Gasteiger partial charge on any atom is -0.462 e. The van der Waals surface area contributed by atoms with Crippen LogP contribution in [0, 0.1) is 6.92 Å². The average Bonchev–Trinajstić information content (AvgIpc) is 3.19. The predicted octanol–water partition coefficient (Wildman–Crippen LogP) is 3.82. The van der Waals surface area contributed by atoms with E-state index >= 15 is 0 Å². The first-order chi connectivity index (χ1) is 16.3. The van der Waals surface area contributed by atoms with Crippen LogP contribution in [0.5, 0.6) is 0 Å². The highest BCUT2D eigenvalue weighted by atomic mass is 16.5. The highest BCUT2D eigenvalue weighted by molar-refractivity contribution is 5.94. The molecule has 0 aliphatic rings. The van der Waals surface area contributed by atoms with Crippen LogP contribution in [-0.2, 0) is 11.3 Å². The van der Waals surface area contributed by atoms with Gasteiger partial charge in [-0.05, 0) is 69.7 Å². The van der Waals surface area contributed by atoms with Gasteiger partial charge >= 0.3 is 12.0 Å². The van der Waals surface area contributed by atoms with Gasteiger partial charge in [0.15, 0.2) is 0 Å². The maximum atomic E-state index is 12.6. The number of hydrogen-bond donors (Lipinski definition) is 3. The Hall–Kier alpha value is -4.14. The number of amides is 3. The molecule has 0 bridgehead atoms. The molecule has 0 spiro atoms. The lowest BCUT2D eigenvalue weighted by atomic mass is 10.1. The van der Waals surface area contributed by atoms with Crippen molar-refractivity contribution in [2.75, 3.05) is 11.9 Å². The van der Waals surface area contributed by atoms with E-state index in [9.17, 15) is 14.4 Å². The molecule has 0 atom stereocenters. The number of carbonyl (C=O) groups excluding carboxylic acids is 3. The molecule has 0 saturated carbocycles. The Balaban J connectivity index is 1.57. The second-order valence-electron chi connectivity index (χ2n) is 7.96. The number of carbonyl (C=O) groups is 3. The monoisotopic (exact) mass is 463 g/mol. The molecule has 3 aromatic rings. The van der Waals surface area contributed by atoms with Crippen LogP contribution < -0.4 is 16.0 Å². The van der Waals surface area contributed by atoms with Crippen molar-refractivity contribution in [1.29, 1.82) is 0 Å². The van der Waals surface area contributed by atoms with E-state index in [1.165, 1.54) is 6.20 Å². The Kier molecular flexibility index (Phi) is 8.02. The summed E-state index contributed by atoms with van der Waals surface area (Å²) in [5.41, 5.74) is 3.88. The number of hydrogen-bond acceptors (Lipinski definition) is 5. The molecule has 3 N–H and O–H groups in total. The van der Waals surface area contributed by atoms with Crippen molar-refractivity contribution in [2.24, 2.45) is 0 Å². The van der Waals surface area contributed by atoms with E-state index in [1.54, 1.807) is 54.9 Å². The molecular weight excluding hydrogens is 434 g/mol. The first-order valence-electron chi connectivity index (χ1n) is 11.0. The molecule has 0 fully saturated rings. The number of esters is 1. The lowest BCUT2D eigenvalue weighted by Crippen LogP contribution is -2.34. The largest absolute Gasteiger partial charge is 0.462 e. The number of nitrogens with zero attached hydrogens (tertiary/aromatic N) is 2. The van der Waals surface area contributed by atoms with E-state index < -0.39 is 5.97 Å².